The van der Waals surface area contributed by atoms with Crippen molar-refractivity contribution < 1.29 is 14.7 Å². The van der Waals surface area contributed by atoms with Gasteiger partial charge in [-0.15, -0.1) is 0 Å². The molecule has 0 aromatic heterocycles. The fourth-order valence-corrected chi connectivity index (χ4v) is 3.97. The van der Waals surface area contributed by atoms with Crippen LogP contribution in [0.5, 0.6) is 0 Å². The monoisotopic (exact) mass is 410 g/mol. The quantitative estimate of drug-likeness (QED) is 0.628. The molecule has 1 aliphatic rings. The Kier molecular flexibility index (Phi) is 7.47. The van der Waals surface area contributed by atoms with Gasteiger partial charge in [-0.1, -0.05) is 48.5 Å². The van der Waals surface area contributed by atoms with Crippen LogP contribution in [0.25, 0.3) is 0 Å². The van der Waals surface area contributed by atoms with E-state index < -0.39 is 12.0 Å². The zero-order valence-electron chi connectivity index (χ0n) is 16.6. The standard InChI is InChI=1S/C23H26N2O3S/c1-29-16-14-19-23(28)25(15-8-7-13-21(26)27)20-12-6-5-11-18(20)22(24-19)17-9-3-2-4-10-17/h2-6,9-12,19H,7-8,13-16H2,1H3,(H,26,27)/t19-/m0/s1. The lowest BCUT2D eigenvalue weighted by Crippen LogP contribution is -2.39. The highest BCUT2D eigenvalue weighted by molar-refractivity contribution is 7.98. The number of thioether (sulfide) groups is 1. The van der Waals surface area contributed by atoms with Crippen LogP contribution in [0.2, 0.25) is 0 Å². The maximum Gasteiger partial charge on any atom is 0.303 e. The van der Waals surface area contributed by atoms with E-state index in [0.29, 0.717) is 25.8 Å². The molecule has 152 valence electrons. The van der Waals surface area contributed by atoms with Crippen molar-refractivity contribution in [3.05, 3.63) is 65.7 Å². The second kappa shape index (κ2) is 10.3. The predicted molar refractivity (Wildman–Crippen MR) is 119 cm³/mol. The van der Waals surface area contributed by atoms with Crippen LogP contribution in [-0.4, -0.2) is 47.3 Å². The van der Waals surface area contributed by atoms with Gasteiger partial charge in [-0.25, -0.2) is 0 Å². The van der Waals surface area contributed by atoms with Crippen LogP contribution in [0, 0.1) is 0 Å². The van der Waals surface area contributed by atoms with Gasteiger partial charge in [-0.3, -0.25) is 14.6 Å². The Labute approximate surface area is 175 Å². The largest absolute Gasteiger partial charge is 0.481 e. The Morgan fingerprint density at radius 1 is 1.10 bits per heavy atom. The van der Waals surface area contributed by atoms with E-state index in [9.17, 15) is 9.59 Å². The first-order valence-electron chi connectivity index (χ1n) is 9.86. The Bertz CT molecular complexity index is 883. The molecule has 1 aliphatic heterocycles. The number of fused-ring (bicyclic) bond motifs is 1. The van der Waals surface area contributed by atoms with Crippen molar-refractivity contribution >= 4 is 35.0 Å². The molecule has 2 aromatic carbocycles. The molecule has 1 atom stereocenters. The molecule has 5 nitrogen and oxygen atoms in total. The molecular weight excluding hydrogens is 384 g/mol. The lowest BCUT2D eigenvalue weighted by atomic mass is 10.00. The van der Waals surface area contributed by atoms with Gasteiger partial charge in [0.05, 0.1) is 11.4 Å². The third-order valence-electron chi connectivity index (χ3n) is 4.95. The van der Waals surface area contributed by atoms with Crippen LogP contribution in [0.3, 0.4) is 0 Å². The number of amides is 1. The normalized spacial score (nSPS) is 16.2. The van der Waals surface area contributed by atoms with Crippen molar-refractivity contribution in [3.63, 3.8) is 0 Å². The number of unbranched alkanes of at least 4 members (excludes halogenated alkanes) is 1. The van der Waals surface area contributed by atoms with E-state index in [-0.39, 0.29) is 12.3 Å². The number of rotatable bonds is 9. The average Bonchev–Trinajstić information content (AvgIpc) is 2.85. The number of aliphatic imine (C=N–C) groups is 1. The number of benzodiazepines with no additional fused rings is 1. The molecule has 6 heteroatoms. The molecule has 2 aromatic rings. The van der Waals surface area contributed by atoms with Crippen molar-refractivity contribution in [2.45, 2.75) is 31.7 Å². The maximum atomic E-state index is 13.4. The molecule has 0 saturated carbocycles. The number of carboxylic acids is 1. The summed E-state index contributed by atoms with van der Waals surface area (Å²) in [6.07, 6.45) is 4.01. The van der Waals surface area contributed by atoms with Gasteiger partial charge >= 0.3 is 5.97 Å². The second-order valence-corrected chi connectivity index (χ2v) is 7.98. The fraction of sp³-hybridized carbons (Fsp3) is 0.348. The van der Waals surface area contributed by atoms with Gasteiger partial charge in [0.15, 0.2) is 0 Å². The third kappa shape index (κ3) is 5.26. The first kappa shape index (κ1) is 21.1. The Hall–Kier alpha value is -2.60. The lowest BCUT2D eigenvalue weighted by molar-refractivity contribution is -0.137. The highest BCUT2D eigenvalue weighted by Gasteiger charge is 2.31. The number of carbonyl (C=O) groups is 2. The van der Waals surface area contributed by atoms with Gasteiger partial charge in [-0.2, -0.15) is 11.8 Å². The van der Waals surface area contributed by atoms with Crippen molar-refractivity contribution in [3.8, 4) is 0 Å². The Morgan fingerprint density at radius 2 is 1.83 bits per heavy atom. The molecule has 0 aliphatic carbocycles. The summed E-state index contributed by atoms with van der Waals surface area (Å²) < 4.78 is 0. The van der Waals surface area contributed by atoms with E-state index in [2.05, 4.69) is 0 Å². The van der Waals surface area contributed by atoms with Crippen LogP contribution in [0.4, 0.5) is 5.69 Å². The van der Waals surface area contributed by atoms with Crippen LogP contribution < -0.4 is 4.90 Å². The molecule has 3 rings (SSSR count). The second-order valence-electron chi connectivity index (χ2n) is 7.00. The molecule has 1 heterocycles. The molecule has 0 spiro atoms. The lowest BCUT2D eigenvalue weighted by Gasteiger charge is -2.25. The first-order valence-corrected chi connectivity index (χ1v) is 11.3. The SMILES string of the molecule is CSCC[C@@H]1N=C(c2ccccc2)c2ccccc2N(CCCCC(=O)O)C1=O. The highest BCUT2D eigenvalue weighted by Crippen LogP contribution is 2.30. The predicted octanol–water partition coefficient (Wildman–Crippen LogP) is 4.25. The van der Waals surface area contributed by atoms with Crippen molar-refractivity contribution in [1.29, 1.82) is 0 Å². The Morgan fingerprint density at radius 3 is 2.55 bits per heavy atom. The van der Waals surface area contributed by atoms with E-state index in [1.807, 2.05) is 65.8 Å². The average molecular weight is 411 g/mol. The molecular formula is C23H26N2O3S. The number of carbonyl (C=O) groups excluding carboxylic acids is 1. The van der Waals surface area contributed by atoms with Crippen LogP contribution in [-0.2, 0) is 9.59 Å². The summed E-state index contributed by atoms with van der Waals surface area (Å²) in [7, 11) is 0. The molecule has 1 amide bonds. The van der Waals surface area contributed by atoms with E-state index in [4.69, 9.17) is 10.1 Å². The van der Waals surface area contributed by atoms with Gasteiger partial charge in [0, 0.05) is 24.1 Å². The van der Waals surface area contributed by atoms with E-state index >= 15 is 0 Å². The number of para-hydroxylation sites is 1. The molecule has 0 radical (unpaired) electrons. The van der Waals surface area contributed by atoms with Gasteiger partial charge < -0.3 is 10.0 Å². The summed E-state index contributed by atoms with van der Waals surface area (Å²) in [6, 6.07) is 17.4. The number of aliphatic carboxylic acids is 1. The van der Waals surface area contributed by atoms with Crippen LogP contribution in [0.15, 0.2) is 59.6 Å². The molecule has 0 unspecified atom stereocenters. The number of anilines is 1. The summed E-state index contributed by atoms with van der Waals surface area (Å²) in [5, 5.41) is 8.90. The van der Waals surface area contributed by atoms with Gasteiger partial charge in [0.25, 0.3) is 5.91 Å². The molecule has 1 N–H and O–H groups in total. The van der Waals surface area contributed by atoms with Crippen molar-refractivity contribution in [2.75, 3.05) is 23.5 Å². The zero-order chi connectivity index (χ0) is 20.6. The van der Waals surface area contributed by atoms with Crippen molar-refractivity contribution in [1.82, 2.24) is 0 Å². The number of benzene rings is 2. The first-order chi connectivity index (χ1) is 14.1. The minimum Gasteiger partial charge on any atom is -0.481 e. The van der Waals surface area contributed by atoms with Crippen LogP contribution >= 0.6 is 11.8 Å². The molecule has 29 heavy (non-hydrogen) atoms. The number of carboxylic acid groups (broad SMARTS) is 1. The van der Waals surface area contributed by atoms with E-state index in [1.165, 1.54) is 0 Å². The van der Waals surface area contributed by atoms with Gasteiger partial charge in [0.1, 0.15) is 6.04 Å². The van der Waals surface area contributed by atoms with E-state index in [0.717, 1.165) is 28.3 Å². The summed E-state index contributed by atoms with van der Waals surface area (Å²) >= 11 is 1.71. The smallest absolute Gasteiger partial charge is 0.303 e. The summed E-state index contributed by atoms with van der Waals surface area (Å²) in [5.74, 6) is 0.0402. The van der Waals surface area contributed by atoms with E-state index in [1.54, 1.807) is 11.8 Å². The van der Waals surface area contributed by atoms with Crippen molar-refractivity contribution in [2.24, 2.45) is 4.99 Å². The zero-order valence-corrected chi connectivity index (χ0v) is 17.4. The minimum atomic E-state index is -0.805. The Balaban J connectivity index is 1.99. The van der Waals surface area contributed by atoms with Gasteiger partial charge in [0.2, 0.25) is 0 Å². The van der Waals surface area contributed by atoms with Crippen LogP contribution in [0.1, 0.15) is 36.8 Å². The minimum absolute atomic E-state index is 0.00671. The third-order valence-corrected chi connectivity index (χ3v) is 5.59. The number of hydrogen-bond donors (Lipinski definition) is 1. The number of hydrogen-bond acceptors (Lipinski definition) is 4. The topological polar surface area (TPSA) is 70.0 Å². The summed E-state index contributed by atoms with van der Waals surface area (Å²) in [4.78, 5) is 31.0. The summed E-state index contributed by atoms with van der Waals surface area (Å²) in [5.41, 5.74) is 3.63. The molecule has 0 fully saturated rings. The summed E-state index contributed by atoms with van der Waals surface area (Å²) in [6.45, 7) is 0.497. The molecule has 0 saturated heterocycles. The molecule has 0 bridgehead atoms. The van der Waals surface area contributed by atoms with Gasteiger partial charge in [-0.05, 0) is 37.3 Å². The fourth-order valence-electron chi connectivity index (χ4n) is 3.51. The maximum absolute atomic E-state index is 13.4. The number of nitrogens with zero attached hydrogens (tertiary/aromatic N) is 2. The highest BCUT2D eigenvalue weighted by atomic mass is 32.2.